The summed E-state index contributed by atoms with van der Waals surface area (Å²) in [6.45, 7) is 7.94. The second kappa shape index (κ2) is 10.2. The van der Waals surface area contributed by atoms with Gasteiger partial charge in [0.05, 0.1) is 22.6 Å². The molecule has 0 unspecified atom stereocenters. The van der Waals surface area contributed by atoms with Crippen LogP contribution < -0.4 is 21.7 Å². The van der Waals surface area contributed by atoms with Gasteiger partial charge in [0.1, 0.15) is 29.4 Å². The molecule has 0 amide bonds. The molecule has 39 heavy (non-hydrogen) atoms. The third kappa shape index (κ3) is 4.68. The topological polar surface area (TPSA) is 112 Å². The normalized spacial score (nSPS) is 12.4. The van der Waals surface area contributed by atoms with Crippen LogP contribution in [0, 0.1) is 5.82 Å². The number of halogens is 2. The van der Waals surface area contributed by atoms with E-state index in [1.807, 2.05) is 26.0 Å². The molecule has 0 saturated heterocycles. The number of nitrogens with zero attached hydrogens (tertiary/aromatic N) is 5. The lowest BCUT2D eigenvalue weighted by atomic mass is 10.1. The summed E-state index contributed by atoms with van der Waals surface area (Å²) >= 11 is 6.55. The van der Waals surface area contributed by atoms with Crippen molar-refractivity contribution >= 4 is 40.6 Å². The Labute approximate surface area is 227 Å². The molecule has 196 valence electrons. The van der Waals surface area contributed by atoms with Gasteiger partial charge in [-0.05, 0) is 55.0 Å². The van der Waals surface area contributed by atoms with Crippen LogP contribution in [0.1, 0.15) is 19.5 Å². The molecule has 3 heterocycles. The van der Waals surface area contributed by atoms with Crippen LogP contribution in [0.25, 0.3) is 40.1 Å². The van der Waals surface area contributed by atoms with Crippen LogP contribution in [0.2, 0.25) is 5.02 Å². The number of pyridine rings is 1. The van der Waals surface area contributed by atoms with E-state index in [0.717, 1.165) is 11.6 Å². The number of rotatable bonds is 5. The number of benzene rings is 2. The summed E-state index contributed by atoms with van der Waals surface area (Å²) in [6, 6.07) is 12.5. The Morgan fingerprint density at radius 3 is 2.69 bits per heavy atom. The molecule has 0 aliphatic rings. The van der Waals surface area contributed by atoms with E-state index in [2.05, 4.69) is 21.6 Å². The molecule has 3 aromatic heterocycles. The van der Waals surface area contributed by atoms with Crippen LogP contribution in [0.3, 0.4) is 0 Å². The first kappa shape index (κ1) is 25.9. The maximum Gasteiger partial charge on any atom is 0.263 e. The zero-order valence-corrected chi connectivity index (χ0v) is 21.9. The number of phenolic OH excluding ortho intramolecular Hbond substituents is 1. The van der Waals surface area contributed by atoms with Crippen molar-refractivity contribution in [1.29, 1.82) is 0 Å². The van der Waals surface area contributed by atoms with E-state index in [4.69, 9.17) is 17.3 Å². The summed E-state index contributed by atoms with van der Waals surface area (Å²) < 4.78 is 17.3. The van der Waals surface area contributed by atoms with Gasteiger partial charge in [0.2, 0.25) is 0 Å². The second-order valence-electron chi connectivity index (χ2n) is 8.97. The van der Waals surface area contributed by atoms with E-state index in [-0.39, 0.29) is 29.4 Å². The van der Waals surface area contributed by atoms with Crippen LogP contribution >= 0.6 is 11.6 Å². The van der Waals surface area contributed by atoms with E-state index >= 15 is 0 Å². The third-order valence-corrected chi connectivity index (χ3v) is 6.62. The molecule has 0 spiro atoms. The lowest BCUT2D eigenvalue weighted by Gasteiger charge is -2.15. The fraction of sp³-hybridized carbons (Fsp3) is 0.103. The molecule has 2 aromatic carbocycles. The number of aromatic nitrogens is 5. The van der Waals surface area contributed by atoms with Gasteiger partial charge in [-0.3, -0.25) is 9.36 Å². The highest BCUT2D eigenvalue weighted by Gasteiger charge is 2.20. The quantitative estimate of drug-likeness (QED) is 0.348. The molecule has 0 aliphatic carbocycles. The zero-order chi connectivity index (χ0) is 27.8. The Morgan fingerprint density at radius 1 is 1.21 bits per heavy atom. The van der Waals surface area contributed by atoms with Crippen molar-refractivity contribution in [3.63, 3.8) is 0 Å². The average Bonchev–Trinajstić information content (AvgIpc) is 3.24. The van der Waals surface area contributed by atoms with Crippen molar-refractivity contribution in [1.82, 2.24) is 24.3 Å². The molecule has 0 radical (unpaired) electrons. The van der Waals surface area contributed by atoms with Crippen molar-refractivity contribution in [3.8, 4) is 22.7 Å². The van der Waals surface area contributed by atoms with Crippen LogP contribution in [-0.2, 0) is 6.54 Å². The molecular formula is C29H24ClFN6O2. The molecule has 10 heteroatoms. The lowest BCUT2D eigenvalue weighted by Crippen LogP contribution is -2.46. The lowest BCUT2D eigenvalue weighted by molar-refractivity contribution is 0.469. The number of para-hydroxylation sites is 1. The summed E-state index contributed by atoms with van der Waals surface area (Å²) in [4.78, 5) is 22.4. The van der Waals surface area contributed by atoms with Gasteiger partial charge in [0.15, 0.2) is 5.65 Å². The van der Waals surface area contributed by atoms with Crippen molar-refractivity contribution in [2.24, 2.45) is 0 Å². The number of anilines is 1. The maximum atomic E-state index is 14.2. The summed E-state index contributed by atoms with van der Waals surface area (Å²) in [6.07, 6.45) is 5.01. The highest BCUT2D eigenvalue weighted by molar-refractivity contribution is 6.32. The fourth-order valence-electron chi connectivity index (χ4n) is 4.69. The third-order valence-electron chi connectivity index (χ3n) is 6.30. The average molecular weight is 543 g/mol. The summed E-state index contributed by atoms with van der Waals surface area (Å²) in [7, 11) is 0. The monoisotopic (exact) mass is 542 g/mol. The van der Waals surface area contributed by atoms with Crippen molar-refractivity contribution < 1.29 is 9.50 Å². The number of nitrogen functional groups attached to an aromatic ring is 1. The van der Waals surface area contributed by atoms with Crippen LogP contribution in [-0.4, -0.2) is 29.4 Å². The molecule has 0 bridgehead atoms. The molecule has 0 fully saturated rings. The number of aromatic hydroxyl groups is 1. The van der Waals surface area contributed by atoms with Crippen molar-refractivity contribution in [2.45, 2.75) is 20.4 Å². The van der Waals surface area contributed by atoms with Gasteiger partial charge in [-0.25, -0.2) is 19.0 Å². The van der Waals surface area contributed by atoms with Crippen LogP contribution in [0.5, 0.6) is 5.75 Å². The van der Waals surface area contributed by atoms with E-state index in [9.17, 15) is 14.3 Å². The number of hydrogen-bond donors (Lipinski definition) is 2. The first-order valence-electron chi connectivity index (χ1n) is 12.0. The van der Waals surface area contributed by atoms with Gasteiger partial charge in [-0.2, -0.15) is 5.10 Å². The Hall–Kier alpha value is -4.76. The van der Waals surface area contributed by atoms with E-state index < -0.39 is 5.82 Å². The van der Waals surface area contributed by atoms with Gasteiger partial charge in [0, 0.05) is 22.5 Å². The SMILES string of the molecule is C=c1cc(Cn2nc(-c3cc(O)cc(F)c3)c3c(N)ncnc32)n(-c2ccccc2Cl)c(=O)/c1=C(C)/C=C\C. The van der Waals surface area contributed by atoms with Gasteiger partial charge < -0.3 is 10.8 Å². The minimum Gasteiger partial charge on any atom is -0.508 e. The van der Waals surface area contributed by atoms with Gasteiger partial charge >= 0.3 is 0 Å². The summed E-state index contributed by atoms with van der Waals surface area (Å²) in [5, 5.41) is 16.4. The molecular weight excluding hydrogens is 519 g/mol. The first-order chi connectivity index (χ1) is 18.7. The number of allylic oxidation sites excluding steroid dienone is 2. The Bertz CT molecular complexity index is 1940. The van der Waals surface area contributed by atoms with E-state index in [0.29, 0.717) is 43.4 Å². The summed E-state index contributed by atoms with van der Waals surface area (Å²) in [5.74, 6) is -0.764. The second-order valence-corrected chi connectivity index (χ2v) is 9.38. The molecule has 5 rings (SSSR count). The Balaban J connectivity index is 1.81. The molecule has 8 nitrogen and oxygen atoms in total. The Kier molecular flexibility index (Phi) is 6.76. The highest BCUT2D eigenvalue weighted by Crippen LogP contribution is 2.32. The minimum atomic E-state index is -0.638. The van der Waals surface area contributed by atoms with Crippen LogP contribution in [0.15, 0.2) is 71.8 Å². The highest BCUT2D eigenvalue weighted by atomic mass is 35.5. The van der Waals surface area contributed by atoms with Crippen LogP contribution in [0.4, 0.5) is 10.2 Å². The van der Waals surface area contributed by atoms with Gasteiger partial charge in [0.25, 0.3) is 5.56 Å². The molecule has 3 N–H and O–H groups in total. The fourth-order valence-corrected chi connectivity index (χ4v) is 4.91. The minimum absolute atomic E-state index is 0.0696. The predicted molar refractivity (Wildman–Crippen MR) is 152 cm³/mol. The molecule has 0 atom stereocenters. The molecule has 5 aromatic rings. The van der Waals surface area contributed by atoms with Crippen molar-refractivity contribution in [2.75, 3.05) is 5.73 Å². The van der Waals surface area contributed by atoms with Gasteiger partial charge in [-0.15, -0.1) is 0 Å². The number of nitrogens with two attached hydrogens (primary N) is 1. The number of phenols is 1. The first-order valence-corrected chi connectivity index (χ1v) is 12.4. The van der Waals surface area contributed by atoms with Crippen molar-refractivity contribution in [3.05, 3.63) is 104 Å². The number of hydrogen-bond acceptors (Lipinski definition) is 6. The largest absolute Gasteiger partial charge is 0.508 e. The summed E-state index contributed by atoms with van der Waals surface area (Å²) in [5.41, 5.74) is 8.64. The Morgan fingerprint density at radius 2 is 1.97 bits per heavy atom. The van der Waals surface area contributed by atoms with E-state index in [1.54, 1.807) is 35.0 Å². The van der Waals surface area contributed by atoms with Gasteiger partial charge in [-0.1, -0.05) is 42.5 Å². The smallest absolute Gasteiger partial charge is 0.263 e. The predicted octanol–water partition coefficient (Wildman–Crippen LogP) is 3.93. The number of fused-ring (bicyclic) bond motifs is 1. The molecule has 0 aliphatic heterocycles. The van der Waals surface area contributed by atoms with E-state index in [1.165, 1.54) is 23.0 Å². The standard InChI is InChI=1S/C29H24ClFN6O2/c1-4-7-16(2)24-17(3)10-20(37(29(24)39)23-9-6-5-8-22(23)30)14-36-28-25(27(32)33-15-34-28)26(35-36)18-11-19(31)13-21(38)12-18/h4-13,15,38H,3,14H2,1-2H3,(H2,32,33,34)/b7-4-,24-16+. The maximum absolute atomic E-state index is 14.2. The zero-order valence-electron chi connectivity index (χ0n) is 21.2. The molecule has 0 saturated carbocycles.